The molecule has 1 heterocycles. The Kier molecular flexibility index (Phi) is 5.18. The Bertz CT molecular complexity index is 824. The van der Waals surface area contributed by atoms with Crippen LogP contribution in [0.1, 0.15) is 39.0 Å². The van der Waals surface area contributed by atoms with Crippen LogP contribution in [-0.2, 0) is 15.4 Å². The van der Waals surface area contributed by atoms with Gasteiger partial charge in [-0.3, -0.25) is 4.72 Å². The van der Waals surface area contributed by atoms with E-state index in [2.05, 4.69) is 9.71 Å². The standard InChI is InChI=1S/C18H24N2O3S/c1-6-23-16-11-10-14(12-15(16)18(3,4)5)24(21,22)20-17-9-7-8-13(2)19-17/h7-12H,6H2,1-5H3,(H,19,20). The normalized spacial score (nSPS) is 12.0. The van der Waals surface area contributed by atoms with Gasteiger partial charge in [-0.05, 0) is 49.6 Å². The second-order valence-corrected chi connectivity index (χ2v) is 8.29. The molecule has 1 N–H and O–H groups in total. The molecule has 2 aromatic rings. The monoisotopic (exact) mass is 348 g/mol. The van der Waals surface area contributed by atoms with Gasteiger partial charge in [-0.1, -0.05) is 26.8 Å². The van der Waals surface area contributed by atoms with E-state index >= 15 is 0 Å². The van der Waals surface area contributed by atoms with E-state index in [9.17, 15) is 8.42 Å². The van der Waals surface area contributed by atoms with Crippen molar-refractivity contribution in [1.29, 1.82) is 0 Å². The van der Waals surface area contributed by atoms with Crippen LogP contribution in [-0.4, -0.2) is 20.0 Å². The third-order valence-electron chi connectivity index (χ3n) is 3.50. The molecule has 24 heavy (non-hydrogen) atoms. The maximum absolute atomic E-state index is 12.7. The highest BCUT2D eigenvalue weighted by Gasteiger charge is 2.23. The number of ether oxygens (including phenoxy) is 1. The van der Waals surface area contributed by atoms with Gasteiger partial charge in [-0.25, -0.2) is 13.4 Å². The van der Waals surface area contributed by atoms with Crippen LogP contribution < -0.4 is 9.46 Å². The van der Waals surface area contributed by atoms with Crippen LogP contribution in [0.15, 0.2) is 41.3 Å². The lowest BCUT2D eigenvalue weighted by Gasteiger charge is -2.23. The van der Waals surface area contributed by atoms with Gasteiger partial charge in [0.1, 0.15) is 11.6 Å². The lowest BCUT2D eigenvalue weighted by molar-refractivity contribution is 0.329. The van der Waals surface area contributed by atoms with Gasteiger partial charge < -0.3 is 4.74 Å². The molecule has 1 aromatic carbocycles. The Hall–Kier alpha value is -2.08. The number of aryl methyl sites for hydroxylation is 1. The fourth-order valence-corrected chi connectivity index (χ4v) is 3.37. The SMILES string of the molecule is CCOc1ccc(S(=O)(=O)Nc2cccc(C)n2)cc1C(C)(C)C. The molecule has 0 radical (unpaired) electrons. The van der Waals surface area contributed by atoms with Gasteiger partial charge in [0, 0.05) is 11.3 Å². The minimum atomic E-state index is -3.71. The summed E-state index contributed by atoms with van der Waals surface area (Å²) < 4.78 is 33.5. The first-order chi connectivity index (χ1) is 11.1. The Morgan fingerprint density at radius 3 is 2.46 bits per heavy atom. The molecule has 0 aliphatic rings. The largest absolute Gasteiger partial charge is 0.494 e. The van der Waals surface area contributed by atoms with E-state index in [1.807, 2.05) is 40.7 Å². The highest BCUT2D eigenvalue weighted by Crippen LogP contribution is 2.33. The van der Waals surface area contributed by atoms with Crippen molar-refractivity contribution in [2.45, 2.75) is 44.9 Å². The van der Waals surface area contributed by atoms with Crippen LogP contribution in [0.5, 0.6) is 5.75 Å². The minimum absolute atomic E-state index is 0.194. The molecule has 0 atom stereocenters. The molecule has 0 bridgehead atoms. The number of benzene rings is 1. The smallest absolute Gasteiger partial charge is 0.263 e. The predicted octanol–water partition coefficient (Wildman–Crippen LogP) is 3.89. The van der Waals surface area contributed by atoms with E-state index < -0.39 is 10.0 Å². The summed E-state index contributed by atoms with van der Waals surface area (Å²) in [5, 5.41) is 0. The summed E-state index contributed by atoms with van der Waals surface area (Å²) in [4.78, 5) is 4.38. The Morgan fingerprint density at radius 1 is 1.17 bits per heavy atom. The van der Waals surface area contributed by atoms with Crippen LogP contribution >= 0.6 is 0 Å². The number of hydrogen-bond donors (Lipinski definition) is 1. The van der Waals surface area contributed by atoms with Crippen LogP contribution in [0.2, 0.25) is 0 Å². The second kappa shape index (κ2) is 6.81. The van der Waals surface area contributed by atoms with E-state index in [1.165, 1.54) is 0 Å². The van der Waals surface area contributed by atoms with E-state index in [-0.39, 0.29) is 10.3 Å². The van der Waals surface area contributed by atoms with Gasteiger partial charge in [-0.15, -0.1) is 0 Å². The molecule has 2 rings (SSSR count). The maximum atomic E-state index is 12.7. The number of nitrogens with one attached hydrogen (secondary N) is 1. The van der Waals surface area contributed by atoms with Gasteiger partial charge >= 0.3 is 0 Å². The van der Waals surface area contributed by atoms with Crippen molar-refractivity contribution in [2.75, 3.05) is 11.3 Å². The molecule has 0 aliphatic heterocycles. The minimum Gasteiger partial charge on any atom is -0.494 e. The summed E-state index contributed by atoms with van der Waals surface area (Å²) >= 11 is 0. The Morgan fingerprint density at radius 2 is 1.88 bits per heavy atom. The average molecular weight is 348 g/mol. The van der Waals surface area contributed by atoms with Crippen LogP contribution in [0.4, 0.5) is 5.82 Å². The number of anilines is 1. The molecule has 0 amide bonds. The number of aromatic nitrogens is 1. The van der Waals surface area contributed by atoms with Gasteiger partial charge in [0.2, 0.25) is 0 Å². The molecule has 130 valence electrons. The van der Waals surface area contributed by atoms with Crippen molar-refractivity contribution >= 4 is 15.8 Å². The van der Waals surface area contributed by atoms with Gasteiger partial charge in [0.15, 0.2) is 0 Å². The molecule has 0 aliphatic carbocycles. The number of hydrogen-bond acceptors (Lipinski definition) is 4. The zero-order valence-corrected chi connectivity index (χ0v) is 15.6. The summed E-state index contributed by atoms with van der Waals surface area (Å²) in [5.41, 5.74) is 1.36. The van der Waals surface area contributed by atoms with Crippen molar-refractivity contribution in [2.24, 2.45) is 0 Å². The molecule has 5 nitrogen and oxygen atoms in total. The molecule has 0 unspecified atom stereocenters. The molecule has 0 spiro atoms. The first-order valence-corrected chi connectivity index (χ1v) is 9.35. The van der Waals surface area contributed by atoms with Crippen molar-refractivity contribution in [3.8, 4) is 5.75 Å². The van der Waals surface area contributed by atoms with E-state index in [0.29, 0.717) is 18.2 Å². The Balaban J connectivity index is 2.43. The van der Waals surface area contributed by atoms with Gasteiger partial charge in [0.25, 0.3) is 10.0 Å². The molecule has 6 heteroatoms. The second-order valence-electron chi connectivity index (χ2n) is 6.61. The summed E-state index contributed by atoms with van der Waals surface area (Å²) in [7, 11) is -3.71. The quantitative estimate of drug-likeness (QED) is 0.890. The third kappa shape index (κ3) is 4.26. The molecule has 0 fully saturated rings. The first kappa shape index (κ1) is 18.3. The molecule has 1 aromatic heterocycles. The zero-order chi connectivity index (χ0) is 18.0. The maximum Gasteiger partial charge on any atom is 0.263 e. The molecule has 0 saturated carbocycles. The predicted molar refractivity (Wildman–Crippen MR) is 96.1 cm³/mol. The Labute approximate surface area is 144 Å². The number of rotatable bonds is 5. The van der Waals surface area contributed by atoms with E-state index in [0.717, 1.165) is 11.3 Å². The summed E-state index contributed by atoms with van der Waals surface area (Å²) in [6, 6.07) is 10.1. The summed E-state index contributed by atoms with van der Waals surface area (Å²) in [6.07, 6.45) is 0. The van der Waals surface area contributed by atoms with Gasteiger partial charge in [0.05, 0.1) is 11.5 Å². The van der Waals surface area contributed by atoms with E-state index in [4.69, 9.17) is 4.74 Å². The fraction of sp³-hybridized carbons (Fsp3) is 0.389. The lowest BCUT2D eigenvalue weighted by Crippen LogP contribution is -2.18. The molecule has 0 saturated heterocycles. The van der Waals surface area contributed by atoms with Crippen molar-refractivity contribution in [3.63, 3.8) is 0 Å². The molecular formula is C18H24N2O3S. The summed E-state index contributed by atoms with van der Waals surface area (Å²) in [5.74, 6) is 1.01. The zero-order valence-electron chi connectivity index (χ0n) is 14.8. The van der Waals surface area contributed by atoms with Crippen molar-refractivity contribution in [1.82, 2.24) is 4.98 Å². The summed E-state index contributed by atoms with van der Waals surface area (Å²) in [6.45, 7) is 10.3. The fourth-order valence-electron chi connectivity index (χ4n) is 2.34. The van der Waals surface area contributed by atoms with Crippen molar-refractivity contribution in [3.05, 3.63) is 47.7 Å². The number of sulfonamides is 1. The molecular weight excluding hydrogens is 324 g/mol. The lowest BCUT2D eigenvalue weighted by atomic mass is 9.86. The third-order valence-corrected chi connectivity index (χ3v) is 4.85. The van der Waals surface area contributed by atoms with Crippen LogP contribution in [0, 0.1) is 6.92 Å². The van der Waals surface area contributed by atoms with Crippen LogP contribution in [0.3, 0.4) is 0 Å². The first-order valence-electron chi connectivity index (χ1n) is 7.87. The highest BCUT2D eigenvalue weighted by molar-refractivity contribution is 7.92. The number of nitrogens with zero attached hydrogens (tertiary/aromatic N) is 1. The topological polar surface area (TPSA) is 68.3 Å². The van der Waals surface area contributed by atoms with Gasteiger partial charge in [-0.2, -0.15) is 0 Å². The number of pyridine rings is 1. The average Bonchev–Trinajstić information content (AvgIpc) is 2.46. The van der Waals surface area contributed by atoms with Crippen LogP contribution in [0.25, 0.3) is 0 Å². The highest BCUT2D eigenvalue weighted by atomic mass is 32.2. The van der Waals surface area contributed by atoms with E-state index in [1.54, 1.807) is 30.3 Å². The van der Waals surface area contributed by atoms with Crippen molar-refractivity contribution < 1.29 is 13.2 Å².